The summed E-state index contributed by atoms with van der Waals surface area (Å²) in [7, 11) is 5.51. The van der Waals surface area contributed by atoms with Gasteiger partial charge in [-0.05, 0) is 57.8 Å². The molecule has 0 aliphatic carbocycles. The summed E-state index contributed by atoms with van der Waals surface area (Å²) in [5.74, 6) is -1.49. The van der Waals surface area contributed by atoms with Crippen LogP contribution in [0, 0.1) is 0 Å². The number of esters is 2. The van der Waals surface area contributed by atoms with Crippen molar-refractivity contribution in [2.75, 3.05) is 41.0 Å². The third-order valence-electron chi connectivity index (χ3n) is 8.80. The van der Waals surface area contributed by atoms with Crippen LogP contribution in [-0.2, 0) is 28.6 Å². The Bertz CT molecular complexity index is 864. The van der Waals surface area contributed by atoms with Crippen molar-refractivity contribution in [2.24, 2.45) is 0 Å². The molecule has 286 valence electrons. The standard InChI is InChI=1S/C41H75NO7/c1-6-8-10-12-14-16-18-19-20-21-22-24-26-28-30-32-40(44)49-37(35-47-34-33-38(41(45)46)42(3,4)5)36-48-39(43)31-29-27-25-23-17-15-13-11-9-7-2/h11,13,19-20,37-38H,6-10,12,14-18,21-36H2,1-5H3/p+1/b13-11-,20-19-. The summed E-state index contributed by atoms with van der Waals surface area (Å²) < 4.78 is 17.2. The molecule has 2 unspecified atom stereocenters. The molecule has 0 spiro atoms. The molecule has 8 nitrogen and oxygen atoms in total. The number of hydrogen-bond acceptors (Lipinski definition) is 6. The fourth-order valence-electron chi connectivity index (χ4n) is 5.68. The van der Waals surface area contributed by atoms with E-state index in [0.717, 1.165) is 70.6 Å². The maximum atomic E-state index is 12.7. The molecule has 0 fully saturated rings. The Morgan fingerprint density at radius 3 is 1.55 bits per heavy atom. The number of carboxylic acid groups (broad SMARTS) is 1. The number of aliphatic carboxylic acids is 1. The highest BCUT2D eigenvalue weighted by Gasteiger charge is 2.31. The Kier molecular flexibility index (Phi) is 31.5. The predicted molar refractivity (Wildman–Crippen MR) is 202 cm³/mol. The van der Waals surface area contributed by atoms with Gasteiger partial charge in [0.15, 0.2) is 12.1 Å². The second kappa shape index (κ2) is 33.0. The molecule has 0 rings (SSSR count). The molecule has 0 radical (unpaired) electrons. The average Bonchev–Trinajstić information content (AvgIpc) is 3.05. The van der Waals surface area contributed by atoms with Crippen LogP contribution in [0.15, 0.2) is 24.3 Å². The van der Waals surface area contributed by atoms with Crippen molar-refractivity contribution in [3.05, 3.63) is 24.3 Å². The van der Waals surface area contributed by atoms with Crippen molar-refractivity contribution in [3.8, 4) is 0 Å². The Morgan fingerprint density at radius 1 is 0.592 bits per heavy atom. The number of allylic oxidation sites excluding steroid dienone is 4. The smallest absolute Gasteiger partial charge is 0.362 e. The zero-order valence-corrected chi connectivity index (χ0v) is 32.4. The highest BCUT2D eigenvalue weighted by Crippen LogP contribution is 2.13. The van der Waals surface area contributed by atoms with Gasteiger partial charge in [-0.2, -0.15) is 0 Å². The van der Waals surface area contributed by atoms with E-state index in [0.29, 0.717) is 19.3 Å². The van der Waals surface area contributed by atoms with Crippen LogP contribution in [0.2, 0.25) is 0 Å². The molecule has 49 heavy (non-hydrogen) atoms. The van der Waals surface area contributed by atoms with Crippen LogP contribution in [-0.4, -0.2) is 80.6 Å². The number of unbranched alkanes of at least 4 members (excludes halogenated alkanes) is 17. The summed E-state index contributed by atoms with van der Waals surface area (Å²) in [5, 5.41) is 9.58. The number of hydrogen-bond donors (Lipinski definition) is 1. The molecule has 0 heterocycles. The number of ether oxygens (including phenoxy) is 3. The largest absolute Gasteiger partial charge is 0.477 e. The van der Waals surface area contributed by atoms with E-state index in [4.69, 9.17) is 14.2 Å². The Hall–Kier alpha value is -2.19. The lowest BCUT2D eigenvalue weighted by molar-refractivity contribution is -0.887. The number of carbonyl (C=O) groups is 3. The summed E-state index contributed by atoms with van der Waals surface area (Å²) in [6, 6.07) is -0.613. The first-order valence-electron chi connectivity index (χ1n) is 19.9. The van der Waals surface area contributed by atoms with Crippen molar-refractivity contribution in [1.82, 2.24) is 0 Å². The van der Waals surface area contributed by atoms with Gasteiger partial charge in [-0.15, -0.1) is 0 Å². The van der Waals surface area contributed by atoms with Gasteiger partial charge in [0.2, 0.25) is 0 Å². The molecular weight excluding hydrogens is 618 g/mol. The highest BCUT2D eigenvalue weighted by atomic mass is 16.6. The van der Waals surface area contributed by atoms with Crippen molar-refractivity contribution >= 4 is 17.9 Å². The van der Waals surface area contributed by atoms with Crippen LogP contribution in [0.1, 0.15) is 168 Å². The minimum Gasteiger partial charge on any atom is -0.477 e. The first kappa shape index (κ1) is 46.8. The lowest BCUT2D eigenvalue weighted by atomic mass is 10.1. The molecule has 0 bridgehead atoms. The van der Waals surface area contributed by atoms with Gasteiger partial charge in [0.1, 0.15) is 6.61 Å². The predicted octanol–water partition coefficient (Wildman–Crippen LogP) is 10.1. The van der Waals surface area contributed by atoms with E-state index in [-0.39, 0.29) is 36.2 Å². The monoisotopic (exact) mass is 695 g/mol. The van der Waals surface area contributed by atoms with Gasteiger partial charge in [-0.25, -0.2) is 4.79 Å². The fraction of sp³-hybridized carbons (Fsp3) is 0.829. The molecular formula is C41H76NO7+. The molecule has 8 heteroatoms. The molecule has 0 aliphatic rings. The quantitative estimate of drug-likeness (QED) is 0.0305. The van der Waals surface area contributed by atoms with E-state index in [1.165, 1.54) is 64.2 Å². The van der Waals surface area contributed by atoms with Gasteiger partial charge in [-0.3, -0.25) is 9.59 Å². The molecule has 0 saturated heterocycles. The molecule has 0 aromatic carbocycles. The van der Waals surface area contributed by atoms with Crippen LogP contribution >= 0.6 is 0 Å². The van der Waals surface area contributed by atoms with Crippen LogP contribution in [0.5, 0.6) is 0 Å². The average molecular weight is 695 g/mol. The second-order valence-electron chi connectivity index (χ2n) is 14.5. The Balaban J connectivity index is 4.41. The number of rotatable bonds is 35. The van der Waals surface area contributed by atoms with Crippen molar-refractivity contribution < 1.29 is 38.2 Å². The normalized spacial score (nSPS) is 13.2. The summed E-state index contributed by atoms with van der Waals surface area (Å²) in [5.41, 5.74) is 0. The van der Waals surface area contributed by atoms with Crippen LogP contribution in [0.4, 0.5) is 0 Å². The Labute approximate surface area is 301 Å². The molecule has 0 aromatic heterocycles. The van der Waals surface area contributed by atoms with Crippen LogP contribution < -0.4 is 0 Å². The van der Waals surface area contributed by atoms with E-state index >= 15 is 0 Å². The van der Waals surface area contributed by atoms with E-state index in [2.05, 4.69) is 38.2 Å². The highest BCUT2D eigenvalue weighted by molar-refractivity contribution is 5.72. The van der Waals surface area contributed by atoms with Gasteiger partial charge < -0.3 is 23.8 Å². The molecule has 0 aromatic rings. The first-order valence-corrected chi connectivity index (χ1v) is 19.9. The minimum atomic E-state index is -0.878. The zero-order chi connectivity index (χ0) is 36.4. The number of carbonyl (C=O) groups excluding carboxylic acids is 2. The summed E-state index contributed by atoms with van der Waals surface area (Å²) in [6.45, 7) is 4.64. The van der Waals surface area contributed by atoms with Gasteiger partial charge in [-0.1, -0.05) is 115 Å². The number of likely N-dealkylation sites (N-methyl/N-ethyl adjacent to an activating group) is 1. The third-order valence-corrected chi connectivity index (χ3v) is 8.80. The summed E-state index contributed by atoms with van der Waals surface area (Å²) >= 11 is 0. The van der Waals surface area contributed by atoms with Crippen LogP contribution in [0.3, 0.4) is 0 Å². The summed E-state index contributed by atoms with van der Waals surface area (Å²) in [4.78, 5) is 36.8. The minimum absolute atomic E-state index is 0.0568. The van der Waals surface area contributed by atoms with Crippen molar-refractivity contribution in [1.29, 1.82) is 0 Å². The van der Waals surface area contributed by atoms with E-state index < -0.39 is 18.1 Å². The van der Waals surface area contributed by atoms with Crippen LogP contribution in [0.25, 0.3) is 0 Å². The fourth-order valence-corrected chi connectivity index (χ4v) is 5.68. The van der Waals surface area contributed by atoms with Gasteiger partial charge in [0.05, 0.1) is 34.4 Å². The molecule has 0 aliphatic heterocycles. The lowest BCUT2D eigenvalue weighted by Gasteiger charge is -2.31. The van der Waals surface area contributed by atoms with Gasteiger partial charge in [0, 0.05) is 19.3 Å². The molecule has 2 atom stereocenters. The molecule has 0 saturated carbocycles. The maximum Gasteiger partial charge on any atom is 0.362 e. The van der Waals surface area contributed by atoms with E-state index in [9.17, 15) is 19.5 Å². The number of carboxylic acids is 1. The molecule has 1 N–H and O–H groups in total. The second-order valence-corrected chi connectivity index (χ2v) is 14.5. The first-order chi connectivity index (χ1) is 23.6. The van der Waals surface area contributed by atoms with Gasteiger partial charge >= 0.3 is 17.9 Å². The maximum absolute atomic E-state index is 12.7. The zero-order valence-electron chi connectivity index (χ0n) is 32.4. The van der Waals surface area contributed by atoms with E-state index in [1.54, 1.807) is 0 Å². The van der Waals surface area contributed by atoms with Crippen molar-refractivity contribution in [3.63, 3.8) is 0 Å². The lowest BCUT2D eigenvalue weighted by Crippen LogP contribution is -2.50. The number of nitrogens with zero attached hydrogens (tertiary/aromatic N) is 1. The van der Waals surface area contributed by atoms with Gasteiger partial charge in [0.25, 0.3) is 0 Å². The topological polar surface area (TPSA) is 99.1 Å². The SMILES string of the molecule is CCC/C=C\CCCCCCCC(=O)OCC(COCCC(C(=O)O)[N+](C)(C)C)OC(=O)CCCCCCC/C=C\CCCCCCCC. The third kappa shape index (κ3) is 31.5. The Morgan fingerprint density at radius 2 is 1.06 bits per heavy atom. The summed E-state index contributed by atoms with van der Waals surface area (Å²) in [6.07, 6.45) is 33.6. The number of quaternary nitrogens is 1. The molecule has 0 amide bonds. The van der Waals surface area contributed by atoms with Crippen molar-refractivity contribution in [2.45, 2.75) is 180 Å². The van der Waals surface area contributed by atoms with E-state index in [1.807, 2.05) is 21.1 Å².